The first kappa shape index (κ1) is 29.2. The first-order chi connectivity index (χ1) is 18.7. The Bertz CT molecular complexity index is 1240. The molecule has 39 heavy (non-hydrogen) atoms. The molecule has 1 aliphatic rings. The molecule has 0 spiro atoms. The topological polar surface area (TPSA) is 157 Å². The number of fused-ring (bicyclic) bond motifs is 1. The fraction of sp³-hybridized carbons (Fsp3) is 0.407. The minimum Gasteiger partial charge on any atom is -0.347 e. The van der Waals surface area contributed by atoms with Crippen molar-refractivity contribution in [2.45, 2.75) is 19.4 Å². The number of ketones is 1. The van der Waals surface area contributed by atoms with Crippen LogP contribution < -0.4 is 21.3 Å². The number of benzene rings is 2. The van der Waals surface area contributed by atoms with Gasteiger partial charge in [-0.2, -0.15) is 0 Å². The Morgan fingerprint density at radius 1 is 0.821 bits per heavy atom. The highest BCUT2D eigenvalue weighted by Crippen LogP contribution is 2.18. The van der Waals surface area contributed by atoms with Crippen molar-refractivity contribution in [3.63, 3.8) is 0 Å². The summed E-state index contributed by atoms with van der Waals surface area (Å²) in [6.45, 7) is 2.98. The Labute approximate surface area is 226 Å². The maximum absolute atomic E-state index is 12.6. The number of nitrogens with zero attached hydrogens (tertiary/aromatic N) is 2. The molecule has 1 unspecified atom stereocenters. The zero-order chi connectivity index (χ0) is 28.4. The van der Waals surface area contributed by atoms with Crippen LogP contribution in [-0.2, 0) is 24.0 Å². The molecule has 0 bridgehead atoms. The third-order valence-electron chi connectivity index (χ3n) is 6.44. The van der Waals surface area contributed by atoms with E-state index >= 15 is 0 Å². The van der Waals surface area contributed by atoms with Gasteiger partial charge >= 0.3 is 0 Å². The minimum atomic E-state index is -0.981. The molecule has 208 valence electrons. The Hall–Kier alpha value is -4.32. The molecule has 2 aromatic carbocycles. The minimum absolute atomic E-state index is 0.217. The van der Waals surface area contributed by atoms with Crippen molar-refractivity contribution in [3.05, 3.63) is 48.0 Å². The maximum atomic E-state index is 12.6. The number of hydrogen-bond acceptors (Lipinski definition) is 7. The lowest BCUT2D eigenvalue weighted by molar-refractivity contribution is -0.140. The lowest BCUT2D eigenvalue weighted by Gasteiger charge is -2.32. The first-order valence-corrected chi connectivity index (χ1v) is 12.8. The van der Waals surface area contributed by atoms with Crippen molar-refractivity contribution in [1.82, 2.24) is 31.1 Å². The monoisotopic (exact) mass is 538 g/mol. The zero-order valence-corrected chi connectivity index (χ0v) is 22.1. The number of rotatable bonds is 11. The molecule has 12 heteroatoms. The number of piperazine rings is 1. The molecule has 2 aromatic rings. The number of hydrogen-bond donors (Lipinski definition) is 4. The third kappa shape index (κ3) is 8.34. The first-order valence-electron chi connectivity index (χ1n) is 12.8. The summed E-state index contributed by atoms with van der Waals surface area (Å²) in [6, 6.07) is 11.7. The highest BCUT2D eigenvalue weighted by molar-refractivity contribution is 6.37. The van der Waals surface area contributed by atoms with Gasteiger partial charge in [0.05, 0.1) is 19.6 Å². The molecule has 1 heterocycles. The molecule has 1 atom stereocenters. The fourth-order valence-electron chi connectivity index (χ4n) is 4.07. The Kier molecular flexibility index (Phi) is 10.5. The van der Waals surface area contributed by atoms with Gasteiger partial charge in [-0.3, -0.25) is 28.8 Å². The van der Waals surface area contributed by atoms with E-state index in [9.17, 15) is 28.8 Å². The van der Waals surface area contributed by atoms with Crippen LogP contribution in [0.15, 0.2) is 42.5 Å². The average Bonchev–Trinajstić information content (AvgIpc) is 2.95. The van der Waals surface area contributed by atoms with Gasteiger partial charge in [-0.15, -0.1) is 0 Å². The van der Waals surface area contributed by atoms with Gasteiger partial charge in [0, 0.05) is 31.7 Å². The van der Waals surface area contributed by atoms with Crippen molar-refractivity contribution in [2.75, 3.05) is 52.9 Å². The Morgan fingerprint density at radius 2 is 1.51 bits per heavy atom. The summed E-state index contributed by atoms with van der Waals surface area (Å²) in [5.74, 6) is -3.85. The molecule has 4 N–H and O–H groups in total. The number of Topliss-reactive ketones (excluding diaryl/α,β-unsaturated/α-hetero) is 1. The smallest absolute Gasteiger partial charge is 0.289 e. The van der Waals surface area contributed by atoms with Gasteiger partial charge in [0.15, 0.2) is 0 Å². The van der Waals surface area contributed by atoms with Crippen LogP contribution in [0.25, 0.3) is 10.8 Å². The normalized spacial score (nSPS) is 14.3. The van der Waals surface area contributed by atoms with E-state index in [1.807, 2.05) is 37.4 Å². The summed E-state index contributed by atoms with van der Waals surface area (Å²) in [5, 5.41) is 11.3. The summed E-state index contributed by atoms with van der Waals surface area (Å²) >= 11 is 0. The van der Waals surface area contributed by atoms with E-state index in [1.54, 1.807) is 24.0 Å². The summed E-state index contributed by atoms with van der Waals surface area (Å²) in [7, 11) is 1.95. The summed E-state index contributed by atoms with van der Waals surface area (Å²) in [6.07, 6.45) is 0.217. The van der Waals surface area contributed by atoms with Crippen LogP contribution >= 0.6 is 0 Å². The van der Waals surface area contributed by atoms with Crippen molar-refractivity contribution in [1.29, 1.82) is 0 Å². The number of carbonyl (C=O) groups is 6. The van der Waals surface area contributed by atoms with Gasteiger partial charge in [0.2, 0.25) is 23.5 Å². The predicted octanol–water partition coefficient (Wildman–Crippen LogP) is -0.960. The van der Waals surface area contributed by atoms with Crippen LogP contribution in [0.2, 0.25) is 0 Å². The lowest BCUT2D eigenvalue weighted by Crippen LogP contribution is -2.52. The molecule has 12 nitrogen and oxygen atoms in total. The van der Waals surface area contributed by atoms with Gasteiger partial charge in [-0.1, -0.05) is 43.3 Å². The van der Waals surface area contributed by atoms with E-state index in [1.165, 1.54) is 0 Å². The molecular weight excluding hydrogens is 504 g/mol. The average molecular weight is 539 g/mol. The fourth-order valence-corrected chi connectivity index (χ4v) is 4.07. The van der Waals surface area contributed by atoms with E-state index in [0.717, 1.165) is 23.9 Å². The van der Waals surface area contributed by atoms with Gasteiger partial charge < -0.3 is 31.1 Å². The largest absolute Gasteiger partial charge is 0.347 e. The van der Waals surface area contributed by atoms with Crippen LogP contribution in [0.3, 0.4) is 0 Å². The van der Waals surface area contributed by atoms with Crippen LogP contribution in [0.1, 0.15) is 23.7 Å². The van der Waals surface area contributed by atoms with E-state index in [-0.39, 0.29) is 25.4 Å². The molecule has 1 aliphatic heterocycles. The predicted molar refractivity (Wildman–Crippen MR) is 144 cm³/mol. The highest BCUT2D eigenvalue weighted by atomic mass is 16.2. The second-order valence-corrected chi connectivity index (χ2v) is 9.25. The lowest BCUT2D eigenvalue weighted by atomic mass is 10.0. The molecule has 0 saturated carbocycles. The van der Waals surface area contributed by atoms with Gasteiger partial charge in [0.1, 0.15) is 6.04 Å². The third-order valence-corrected chi connectivity index (χ3v) is 6.44. The van der Waals surface area contributed by atoms with Crippen molar-refractivity contribution >= 4 is 46.1 Å². The van der Waals surface area contributed by atoms with Gasteiger partial charge in [-0.25, -0.2) is 0 Å². The van der Waals surface area contributed by atoms with E-state index in [4.69, 9.17) is 0 Å². The number of nitrogens with one attached hydrogen (secondary N) is 4. The van der Waals surface area contributed by atoms with Crippen LogP contribution in [-0.4, -0.2) is 104 Å². The number of carbonyl (C=O) groups excluding carboxylic acids is 6. The highest BCUT2D eigenvalue weighted by Gasteiger charge is 2.23. The Morgan fingerprint density at radius 3 is 2.23 bits per heavy atom. The van der Waals surface area contributed by atoms with Gasteiger partial charge in [-0.05, 0) is 30.3 Å². The van der Waals surface area contributed by atoms with E-state index < -0.39 is 42.0 Å². The van der Waals surface area contributed by atoms with Crippen LogP contribution in [0.4, 0.5) is 0 Å². The molecule has 3 rings (SSSR count). The standard InChI is InChI=1S/C27H34N6O6/c1-3-21(31-23(35)16-29-25(37)20-10-6-8-18-7-4-5-9-19(18)20)26(38)28-15-22(34)27(39)30-17-24(36)33-13-11-32(2)12-14-33/h4-10,21H,3,11-17H2,1-2H3,(H,28,38)(H,29,37)(H,30,39)(H,31,35). The van der Waals surface area contributed by atoms with Crippen LogP contribution in [0, 0.1) is 0 Å². The number of likely N-dealkylation sites (N-methyl/N-ethyl adjacent to an activating group) is 1. The molecule has 1 fully saturated rings. The van der Waals surface area contributed by atoms with E-state index in [2.05, 4.69) is 26.2 Å². The van der Waals surface area contributed by atoms with Crippen LogP contribution in [0.5, 0.6) is 0 Å². The molecule has 1 saturated heterocycles. The van der Waals surface area contributed by atoms with Crippen molar-refractivity contribution in [3.8, 4) is 0 Å². The molecular formula is C27H34N6O6. The molecule has 0 aliphatic carbocycles. The van der Waals surface area contributed by atoms with Crippen molar-refractivity contribution < 1.29 is 28.8 Å². The Balaban J connectivity index is 1.40. The summed E-state index contributed by atoms with van der Waals surface area (Å²) in [5.41, 5.74) is 0.424. The zero-order valence-electron chi connectivity index (χ0n) is 22.1. The SMILES string of the molecule is CCC(NC(=O)CNC(=O)c1cccc2ccccc12)C(=O)NCC(=O)C(=O)NCC(=O)N1CCN(C)CC1. The summed E-state index contributed by atoms with van der Waals surface area (Å²) in [4.78, 5) is 77.6. The second kappa shape index (κ2) is 14.0. The molecule has 5 amide bonds. The van der Waals surface area contributed by atoms with E-state index in [0.29, 0.717) is 18.7 Å². The quantitative estimate of drug-likeness (QED) is 0.268. The maximum Gasteiger partial charge on any atom is 0.289 e. The molecule has 0 aromatic heterocycles. The van der Waals surface area contributed by atoms with Gasteiger partial charge in [0.25, 0.3) is 11.8 Å². The summed E-state index contributed by atoms with van der Waals surface area (Å²) < 4.78 is 0. The van der Waals surface area contributed by atoms with Crippen molar-refractivity contribution in [2.24, 2.45) is 0 Å². The molecule has 0 radical (unpaired) electrons. The number of amides is 5. The second-order valence-electron chi connectivity index (χ2n) is 9.25.